The van der Waals surface area contributed by atoms with E-state index in [2.05, 4.69) is 4.98 Å². The van der Waals surface area contributed by atoms with Gasteiger partial charge in [-0.05, 0) is 12.3 Å². The Morgan fingerprint density at radius 2 is 2.06 bits per heavy atom. The highest BCUT2D eigenvalue weighted by atomic mass is 32.1. The molecule has 1 aromatic rings. The lowest BCUT2D eigenvalue weighted by molar-refractivity contribution is -0.119. The number of aromatic nitrogens is 1. The third kappa shape index (κ3) is 3.84. The number of halogens is 3. The molecule has 104 valence electrons. The first-order valence-electron chi connectivity index (χ1n) is 5.66. The molecule has 1 heterocycles. The molecule has 0 aliphatic heterocycles. The van der Waals surface area contributed by atoms with Gasteiger partial charge in [-0.15, -0.1) is 0 Å². The monoisotopic (exact) mass is 282 g/mol. The molecule has 0 saturated heterocycles. The van der Waals surface area contributed by atoms with Crippen molar-refractivity contribution in [1.29, 1.82) is 0 Å². The average Bonchev–Trinajstić information content (AvgIpc) is 2.69. The van der Waals surface area contributed by atoms with E-state index < -0.39 is 12.7 Å². The van der Waals surface area contributed by atoms with Gasteiger partial charge in [-0.25, -0.2) is 4.98 Å². The molecular formula is C11H17F3N2OS. The van der Waals surface area contributed by atoms with E-state index in [1.165, 1.54) is 7.05 Å². The molecule has 0 spiro atoms. The van der Waals surface area contributed by atoms with E-state index in [4.69, 9.17) is 0 Å². The maximum atomic E-state index is 12.3. The summed E-state index contributed by atoms with van der Waals surface area (Å²) in [5.74, 6) is 0.136. The van der Waals surface area contributed by atoms with Crippen molar-refractivity contribution in [2.75, 3.05) is 18.5 Å². The zero-order chi connectivity index (χ0) is 13.9. The summed E-state index contributed by atoms with van der Waals surface area (Å²) in [5.41, 5.74) is 0.703. The van der Waals surface area contributed by atoms with Gasteiger partial charge in [-0.1, -0.05) is 25.2 Å². The molecule has 1 rings (SSSR count). The zero-order valence-corrected chi connectivity index (χ0v) is 11.4. The van der Waals surface area contributed by atoms with Crippen LogP contribution in [0.5, 0.6) is 0 Å². The van der Waals surface area contributed by atoms with Crippen LogP contribution in [0.1, 0.15) is 36.8 Å². The van der Waals surface area contributed by atoms with Crippen LogP contribution in [0.4, 0.5) is 18.3 Å². The van der Waals surface area contributed by atoms with Crippen molar-refractivity contribution in [1.82, 2.24) is 4.98 Å². The minimum absolute atomic E-state index is 0.136. The second-order valence-corrected chi connectivity index (χ2v) is 5.31. The van der Waals surface area contributed by atoms with E-state index in [0.29, 0.717) is 15.7 Å². The smallest absolute Gasteiger partial charge is 0.391 e. The average molecular weight is 282 g/mol. The number of alkyl halides is 3. The number of rotatable bonds is 5. The minimum atomic E-state index is -4.25. The topological polar surface area (TPSA) is 36.4 Å². The SMILES string of the molecule is CCC(C)c1nc(N(C)CC(F)(F)F)sc1CO. The Labute approximate surface area is 108 Å². The quantitative estimate of drug-likeness (QED) is 0.901. The van der Waals surface area contributed by atoms with Crippen molar-refractivity contribution >= 4 is 16.5 Å². The van der Waals surface area contributed by atoms with Crippen LogP contribution in [-0.4, -0.2) is 29.9 Å². The van der Waals surface area contributed by atoms with Crippen LogP contribution in [0.2, 0.25) is 0 Å². The van der Waals surface area contributed by atoms with E-state index in [-0.39, 0.29) is 12.5 Å². The molecule has 0 aliphatic carbocycles. The van der Waals surface area contributed by atoms with Crippen molar-refractivity contribution < 1.29 is 18.3 Å². The summed E-state index contributed by atoms with van der Waals surface area (Å²) in [6, 6.07) is 0. The molecule has 0 fully saturated rings. The van der Waals surface area contributed by atoms with Gasteiger partial charge in [0.05, 0.1) is 17.2 Å². The fourth-order valence-corrected chi connectivity index (χ4v) is 2.54. The molecule has 0 bridgehead atoms. The second kappa shape index (κ2) is 5.88. The van der Waals surface area contributed by atoms with Gasteiger partial charge in [0, 0.05) is 7.05 Å². The Balaban J connectivity index is 2.94. The van der Waals surface area contributed by atoms with Gasteiger partial charge in [-0.2, -0.15) is 13.2 Å². The molecule has 1 N–H and O–H groups in total. The summed E-state index contributed by atoms with van der Waals surface area (Å²) in [6.07, 6.45) is -3.42. The Hall–Kier alpha value is -0.820. The maximum absolute atomic E-state index is 12.3. The summed E-state index contributed by atoms with van der Waals surface area (Å²) >= 11 is 1.12. The van der Waals surface area contributed by atoms with Crippen molar-refractivity contribution in [3.63, 3.8) is 0 Å². The number of anilines is 1. The lowest BCUT2D eigenvalue weighted by Gasteiger charge is -2.17. The predicted molar refractivity (Wildman–Crippen MR) is 66.1 cm³/mol. The third-order valence-electron chi connectivity index (χ3n) is 2.68. The van der Waals surface area contributed by atoms with Crippen LogP contribution in [0.25, 0.3) is 0 Å². The summed E-state index contributed by atoms with van der Waals surface area (Å²) in [7, 11) is 1.36. The van der Waals surface area contributed by atoms with Crippen LogP contribution >= 0.6 is 11.3 Å². The van der Waals surface area contributed by atoms with Crippen molar-refractivity contribution in [2.24, 2.45) is 0 Å². The summed E-state index contributed by atoms with van der Waals surface area (Å²) in [4.78, 5) is 5.93. The molecular weight excluding hydrogens is 265 g/mol. The van der Waals surface area contributed by atoms with Gasteiger partial charge < -0.3 is 10.0 Å². The predicted octanol–water partition coefficient (Wildman–Crippen LogP) is 3.15. The number of aliphatic hydroxyl groups is 1. The van der Waals surface area contributed by atoms with Gasteiger partial charge in [0.1, 0.15) is 6.54 Å². The van der Waals surface area contributed by atoms with Crippen LogP contribution in [0, 0.1) is 0 Å². The second-order valence-electron chi connectivity index (χ2n) is 4.24. The van der Waals surface area contributed by atoms with Crippen LogP contribution < -0.4 is 4.90 Å². The minimum Gasteiger partial charge on any atom is -0.391 e. The Morgan fingerprint density at radius 3 is 2.50 bits per heavy atom. The summed E-state index contributed by atoms with van der Waals surface area (Å²) < 4.78 is 36.9. The lowest BCUT2D eigenvalue weighted by atomic mass is 10.0. The fourth-order valence-electron chi connectivity index (χ4n) is 1.54. The van der Waals surface area contributed by atoms with E-state index in [1.54, 1.807) is 0 Å². The highest BCUT2D eigenvalue weighted by Gasteiger charge is 2.31. The molecule has 18 heavy (non-hydrogen) atoms. The van der Waals surface area contributed by atoms with Crippen molar-refractivity contribution in [3.8, 4) is 0 Å². The van der Waals surface area contributed by atoms with E-state index in [0.717, 1.165) is 22.7 Å². The molecule has 1 atom stereocenters. The summed E-state index contributed by atoms with van der Waals surface area (Å²) in [6.45, 7) is 2.70. The molecule has 0 saturated carbocycles. The van der Waals surface area contributed by atoms with E-state index in [1.807, 2.05) is 13.8 Å². The Morgan fingerprint density at radius 1 is 1.44 bits per heavy atom. The first-order valence-corrected chi connectivity index (χ1v) is 6.48. The Bertz CT molecular complexity index is 392. The van der Waals surface area contributed by atoms with Crippen LogP contribution in [0.15, 0.2) is 0 Å². The van der Waals surface area contributed by atoms with Crippen LogP contribution in [0.3, 0.4) is 0 Å². The van der Waals surface area contributed by atoms with Crippen molar-refractivity contribution in [2.45, 2.75) is 39.0 Å². The molecule has 1 aromatic heterocycles. The van der Waals surface area contributed by atoms with Gasteiger partial charge in [0.2, 0.25) is 0 Å². The lowest BCUT2D eigenvalue weighted by Crippen LogP contribution is -2.30. The molecule has 1 unspecified atom stereocenters. The first-order chi connectivity index (χ1) is 8.28. The van der Waals surface area contributed by atoms with Crippen LogP contribution in [-0.2, 0) is 6.61 Å². The molecule has 7 heteroatoms. The van der Waals surface area contributed by atoms with Crippen molar-refractivity contribution in [3.05, 3.63) is 10.6 Å². The van der Waals surface area contributed by atoms with E-state index in [9.17, 15) is 18.3 Å². The van der Waals surface area contributed by atoms with Gasteiger partial charge in [-0.3, -0.25) is 0 Å². The number of thiazole rings is 1. The normalized spacial score (nSPS) is 13.7. The fraction of sp³-hybridized carbons (Fsp3) is 0.727. The van der Waals surface area contributed by atoms with Gasteiger partial charge >= 0.3 is 6.18 Å². The number of nitrogens with zero attached hydrogens (tertiary/aromatic N) is 2. The molecule has 0 aliphatic rings. The molecule has 0 aromatic carbocycles. The first kappa shape index (κ1) is 15.2. The van der Waals surface area contributed by atoms with Gasteiger partial charge in [0.15, 0.2) is 5.13 Å². The highest BCUT2D eigenvalue weighted by Crippen LogP contribution is 2.32. The number of hydrogen-bond acceptors (Lipinski definition) is 4. The zero-order valence-electron chi connectivity index (χ0n) is 10.6. The maximum Gasteiger partial charge on any atom is 0.405 e. The number of aliphatic hydroxyl groups excluding tert-OH is 1. The van der Waals surface area contributed by atoms with E-state index >= 15 is 0 Å². The molecule has 0 radical (unpaired) electrons. The summed E-state index contributed by atoms with van der Waals surface area (Å²) in [5, 5.41) is 9.52. The molecule has 0 amide bonds. The molecule has 3 nitrogen and oxygen atoms in total. The highest BCUT2D eigenvalue weighted by molar-refractivity contribution is 7.15. The number of hydrogen-bond donors (Lipinski definition) is 1. The standard InChI is InChI=1S/C11H17F3N2OS/c1-4-7(2)9-8(5-17)18-10(15-9)16(3)6-11(12,13)14/h7,17H,4-6H2,1-3H3. The third-order valence-corrected chi connectivity index (χ3v) is 3.85. The van der Waals surface area contributed by atoms with Gasteiger partial charge in [0.25, 0.3) is 0 Å². The largest absolute Gasteiger partial charge is 0.405 e. The Kier molecular flexibility index (Phi) is 4.98.